The molecule has 2 aromatic heterocycles. The SMILES string of the molecule is CCNc1nc(C)cc(N2CCN(c3ncc(C(F)(F)F)cc3F)CC2)n1. The second-order valence-corrected chi connectivity index (χ2v) is 6.22. The largest absolute Gasteiger partial charge is 0.417 e. The molecule has 0 aliphatic carbocycles. The fourth-order valence-corrected chi connectivity index (χ4v) is 2.92. The van der Waals surface area contributed by atoms with Crippen molar-refractivity contribution in [1.29, 1.82) is 0 Å². The molecule has 3 rings (SSSR count). The highest BCUT2D eigenvalue weighted by atomic mass is 19.4. The van der Waals surface area contributed by atoms with E-state index in [4.69, 9.17) is 0 Å². The molecule has 1 N–H and O–H groups in total. The third kappa shape index (κ3) is 4.37. The molecule has 0 aromatic carbocycles. The van der Waals surface area contributed by atoms with Crippen molar-refractivity contribution in [2.75, 3.05) is 47.8 Å². The molecular weight excluding hydrogens is 364 g/mol. The van der Waals surface area contributed by atoms with E-state index in [0.717, 1.165) is 11.5 Å². The summed E-state index contributed by atoms with van der Waals surface area (Å²) in [7, 11) is 0. The summed E-state index contributed by atoms with van der Waals surface area (Å²) in [5.41, 5.74) is -0.261. The average molecular weight is 384 g/mol. The van der Waals surface area contributed by atoms with Crippen LogP contribution in [0, 0.1) is 12.7 Å². The minimum Gasteiger partial charge on any atom is -0.354 e. The number of nitrogens with one attached hydrogen (secondary N) is 1. The van der Waals surface area contributed by atoms with Crippen LogP contribution in [0.1, 0.15) is 18.2 Å². The molecule has 0 bridgehead atoms. The molecule has 1 aliphatic rings. The normalized spacial score (nSPS) is 15.2. The summed E-state index contributed by atoms with van der Waals surface area (Å²) < 4.78 is 52.1. The van der Waals surface area contributed by atoms with Gasteiger partial charge in [0.05, 0.1) is 5.56 Å². The lowest BCUT2D eigenvalue weighted by atomic mass is 10.2. The zero-order chi connectivity index (χ0) is 19.6. The van der Waals surface area contributed by atoms with Crippen molar-refractivity contribution >= 4 is 17.6 Å². The maximum absolute atomic E-state index is 14.1. The van der Waals surface area contributed by atoms with E-state index in [1.54, 1.807) is 4.90 Å². The Morgan fingerprint density at radius 2 is 1.74 bits per heavy atom. The molecule has 0 spiro atoms. The molecule has 0 saturated carbocycles. The summed E-state index contributed by atoms with van der Waals surface area (Å²) in [5.74, 6) is 0.282. The van der Waals surface area contributed by atoms with Crippen LogP contribution in [-0.4, -0.2) is 47.7 Å². The van der Waals surface area contributed by atoms with Gasteiger partial charge in [-0.25, -0.2) is 14.4 Å². The van der Waals surface area contributed by atoms with E-state index < -0.39 is 17.6 Å². The summed E-state index contributed by atoms with van der Waals surface area (Å²) in [6, 6.07) is 2.36. The predicted molar refractivity (Wildman–Crippen MR) is 94.6 cm³/mol. The Morgan fingerprint density at radius 1 is 1.07 bits per heavy atom. The number of piperazine rings is 1. The zero-order valence-corrected chi connectivity index (χ0v) is 15.0. The molecule has 2 aromatic rings. The van der Waals surface area contributed by atoms with Gasteiger partial charge in [-0.3, -0.25) is 0 Å². The first kappa shape index (κ1) is 19.1. The topological polar surface area (TPSA) is 57.2 Å². The number of hydrogen-bond donors (Lipinski definition) is 1. The quantitative estimate of drug-likeness (QED) is 0.818. The Bertz CT molecular complexity index is 802. The molecule has 1 fully saturated rings. The molecule has 1 aliphatic heterocycles. The van der Waals surface area contributed by atoms with E-state index in [1.807, 2.05) is 24.8 Å². The van der Waals surface area contributed by atoms with Gasteiger partial charge in [0.25, 0.3) is 0 Å². The van der Waals surface area contributed by atoms with Crippen molar-refractivity contribution in [3.63, 3.8) is 0 Å². The number of alkyl halides is 3. The monoisotopic (exact) mass is 384 g/mol. The fraction of sp³-hybridized carbons (Fsp3) is 0.471. The van der Waals surface area contributed by atoms with E-state index in [1.165, 1.54) is 0 Å². The van der Waals surface area contributed by atoms with Crippen molar-refractivity contribution in [3.05, 3.63) is 35.4 Å². The van der Waals surface area contributed by atoms with E-state index >= 15 is 0 Å². The molecule has 27 heavy (non-hydrogen) atoms. The first-order valence-corrected chi connectivity index (χ1v) is 8.60. The van der Waals surface area contributed by atoms with Crippen LogP contribution in [0.3, 0.4) is 0 Å². The van der Waals surface area contributed by atoms with Gasteiger partial charge in [-0.05, 0) is 19.9 Å². The average Bonchev–Trinajstić information content (AvgIpc) is 2.61. The lowest BCUT2D eigenvalue weighted by Crippen LogP contribution is -2.47. The molecule has 6 nitrogen and oxygen atoms in total. The Kier molecular flexibility index (Phi) is 5.33. The molecule has 10 heteroatoms. The van der Waals surface area contributed by atoms with Crippen LogP contribution in [0.5, 0.6) is 0 Å². The number of nitrogens with zero attached hydrogens (tertiary/aromatic N) is 5. The predicted octanol–water partition coefficient (Wildman–Crippen LogP) is 3.10. The van der Waals surface area contributed by atoms with Crippen LogP contribution in [0.4, 0.5) is 35.1 Å². The number of pyridine rings is 1. The van der Waals surface area contributed by atoms with Crippen LogP contribution in [0.25, 0.3) is 0 Å². The second kappa shape index (κ2) is 7.53. The third-order valence-electron chi connectivity index (χ3n) is 4.23. The molecule has 0 radical (unpaired) electrons. The lowest BCUT2D eigenvalue weighted by molar-refractivity contribution is -0.138. The third-order valence-corrected chi connectivity index (χ3v) is 4.23. The number of halogens is 4. The number of rotatable bonds is 4. The first-order chi connectivity index (χ1) is 12.8. The highest BCUT2D eigenvalue weighted by Gasteiger charge is 2.32. The van der Waals surface area contributed by atoms with E-state index in [9.17, 15) is 17.6 Å². The smallest absolute Gasteiger partial charge is 0.354 e. The number of aromatic nitrogens is 3. The van der Waals surface area contributed by atoms with Crippen molar-refractivity contribution in [3.8, 4) is 0 Å². The molecule has 0 amide bonds. The van der Waals surface area contributed by atoms with E-state index in [0.29, 0.717) is 50.9 Å². The van der Waals surface area contributed by atoms with E-state index in [-0.39, 0.29) is 5.82 Å². The van der Waals surface area contributed by atoms with Crippen LogP contribution in [-0.2, 0) is 6.18 Å². The first-order valence-electron chi connectivity index (χ1n) is 8.60. The Morgan fingerprint density at radius 3 is 2.33 bits per heavy atom. The highest BCUT2D eigenvalue weighted by molar-refractivity contribution is 5.48. The van der Waals surface area contributed by atoms with Gasteiger partial charge in [-0.15, -0.1) is 0 Å². The highest BCUT2D eigenvalue weighted by Crippen LogP contribution is 2.31. The standard InChI is InChI=1S/C17H20F4N6/c1-3-22-16-24-11(2)8-14(25-16)26-4-6-27(7-5-26)15-13(18)9-12(10-23-15)17(19,20)21/h8-10H,3-7H2,1-2H3,(H,22,24,25). The van der Waals surface area contributed by atoms with Gasteiger partial charge >= 0.3 is 6.18 Å². The number of hydrogen-bond acceptors (Lipinski definition) is 6. The molecule has 0 unspecified atom stereocenters. The van der Waals surface area contributed by atoms with Crippen molar-refractivity contribution in [2.45, 2.75) is 20.0 Å². The van der Waals surface area contributed by atoms with Crippen molar-refractivity contribution in [2.24, 2.45) is 0 Å². The Labute approximate surface area is 154 Å². The minimum atomic E-state index is -4.61. The summed E-state index contributed by atoms with van der Waals surface area (Å²) in [6.07, 6.45) is -3.94. The van der Waals surface area contributed by atoms with Gasteiger partial charge in [-0.1, -0.05) is 0 Å². The lowest BCUT2D eigenvalue weighted by Gasteiger charge is -2.36. The second-order valence-electron chi connectivity index (χ2n) is 6.22. The molecule has 146 valence electrons. The number of anilines is 3. The van der Waals surface area contributed by atoms with Gasteiger partial charge in [-0.2, -0.15) is 18.2 Å². The van der Waals surface area contributed by atoms with Crippen molar-refractivity contribution in [1.82, 2.24) is 15.0 Å². The van der Waals surface area contributed by atoms with E-state index in [2.05, 4.69) is 20.3 Å². The summed E-state index contributed by atoms with van der Waals surface area (Å²) >= 11 is 0. The minimum absolute atomic E-state index is 0.0603. The maximum atomic E-state index is 14.1. The summed E-state index contributed by atoms with van der Waals surface area (Å²) in [4.78, 5) is 16.2. The molecule has 3 heterocycles. The van der Waals surface area contributed by atoms with Gasteiger partial charge in [0, 0.05) is 50.7 Å². The molecule has 0 atom stereocenters. The van der Waals surface area contributed by atoms with Gasteiger partial charge < -0.3 is 15.1 Å². The van der Waals surface area contributed by atoms with Crippen LogP contribution < -0.4 is 15.1 Å². The summed E-state index contributed by atoms with van der Waals surface area (Å²) in [6.45, 7) is 6.48. The van der Waals surface area contributed by atoms with Gasteiger partial charge in [0.15, 0.2) is 11.6 Å². The van der Waals surface area contributed by atoms with Gasteiger partial charge in [0.1, 0.15) is 5.82 Å². The fourth-order valence-electron chi connectivity index (χ4n) is 2.92. The number of aryl methyl sites for hydroxylation is 1. The Balaban J connectivity index is 1.71. The molecular formula is C17H20F4N6. The maximum Gasteiger partial charge on any atom is 0.417 e. The molecule has 1 saturated heterocycles. The van der Waals surface area contributed by atoms with Gasteiger partial charge in [0.2, 0.25) is 5.95 Å². The Hall–Kier alpha value is -2.65. The van der Waals surface area contributed by atoms with Crippen LogP contribution in [0.15, 0.2) is 18.3 Å². The van der Waals surface area contributed by atoms with Crippen LogP contribution in [0.2, 0.25) is 0 Å². The zero-order valence-electron chi connectivity index (χ0n) is 15.0. The summed E-state index contributed by atoms with van der Waals surface area (Å²) in [5, 5.41) is 3.08. The van der Waals surface area contributed by atoms with Crippen molar-refractivity contribution < 1.29 is 17.6 Å². The van der Waals surface area contributed by atoms with Crippen LogP contribution >= 0.6 is 0 Å².